The molecule has 0 amide bonds. The second-order valence-electron chi connectivity index (χ2n) is 4.88. The molecule has 2 saturated heterocycles. The predicted molar refractivity (Wildman–Crippen MR) is 55.6 cm³/mol. The Balaban J connectivity index is 1.77. The van der Waals surface area contributed by atoms with Gasteiger partial charge in [-0.05, 0) is 38.6 Å². The lowest BCUT2D eigenvalue weighted by Crippen LogP contribution is -2.43. The monoisotopic (exact) mass is 207 g/mol. The van der Waals surface area contributed by atoms with E-state index in [0.29, 0.717) is 5.92 Å². The van der Waals surface area contributed by atoms with E-state index >= 15 is 0 Å². The molecule has 82 valence electrons. The van der Waals surface area contributed by atoms with Crippen molar-refractivity contribution in [3.8, 4) is 0 Å². The summed E-state index contributed by atoms with van der Waals surface area (Å²) in [6.07, 6.45) is 3.97. The molecule has 0 spiro atoms. The highest BCUT2D eigenvalue weighted by atomic mass is 16.5. The summed E-state index contributed by atoms with van der Waals surface area (Å²) in [4.78, 5) is 6.90. The summed E-state index contributed by atoms with van der Waals surface area (Å²) in [6.45, 7) is 5.53. The number of hydrogen-bond donors (Lipinski definition) is 0. The largest absolute Gasteiger partial charge is 0.339 e. The van der Waals surface area contributed by atoms with Gasteiger partial charge in [-0.3, -0.25) is 0 Å². The third kappa shape index (κ3) is 1.78. The third-order valence-electron chi connectivity index (χ3n) is 3.59. The first-order valence-corrected chi connectivity index (χ1v) is 5.84. The first kappa shape index (κ1) is 9.33. The molecule has 2 bridgehead atoms. The van der Waals surface area contributed by atoms with Crippen LogP contribution >= 0.6 is 0 Å². The lowest BCUT2D eigenvalue weighted by Gasteiger charge is -2.40. The van der Waals surface area contributed by atoms with Gasteiger partial charge in [0.1, 0.15) is 0 Å². The quantitative estimate of drug-likeness (QED) is 0.701. The molecule has 0 aliphatic carbocycles. The SMILES string of the molecule is Cc1noc([C@@H]2C[C@H]3CCCN(C3)C2)n1. The number of fused-ring (bicyclic) bond motifs is 2. The van der Waals surface area contributed by atoms with Crippen LogP contribution in [0.15, 0.2) is 4.52 Å². The van der Waals surface area contributed by atoms with Crippen molar-refractivity contribution in [2.45, 2.75) is 32.1 Å². The van der Waals surface area contributed by atoms with Crippen LogP contribution in [0.2, 0.25) is 0 Å². The molecular formula is C11H17N3O. The van der Waals surface area contributed by atoms with Gasteiger partial charge < -0.3 is 9.42 Å². The maximum atomic E-state index is 5.28. The van der Waals surface area contributed by atoms with Crippen LogP contribution in [0, 0.1) is 12.8 Å². The van der Waals surface area contributed by atoms with Gasteiger partial charge in [0.05, 0.1) is 5.92 Å². The van der Waals surface area contributed by atoms with E-state index in [9.17, 15) is 0 Å². The van der Waals surface area contributed by atoms with Crippen molar-refractivity contribution in [1.29, 1.82) is 0 Å². The van der Waals surface area contributed by atoms with Crippen LogP contribution in [0.25, 0.3) is 0 Å². The van der Waals surface area contributed by atoms with E-state index in [2.05, 4.69) is 15.0 Å². The molecule has 0 radical (unpaired) electrons. The van der Waals surface area contributed by atoms with Gasteiger partial charge >= 0.3 is 0 Å². The predicted octanol–water partition coefficient (Wildman–Crippen LogP) is 1.58. The van der Waals surface area contributed by atoms with Gasteiger partial charge in [0.25, 0.3) is 0 Å². The van der Waals surface area contributed by atoms with Crippen molar-refractivity contribution >= 4 is 0 Å². The molecule has 0 saturated carbocycles. The van der Waals surface area contributed by atoms with Gasteiger partial charge in [-0.15, -0.1) is 0 Å². The van der Waals surface area contributed by atoms with E-state index in [1.54, 1.807) is 0 Å². The minimum absolute atomic E-state index is 0.477. The zero-order valence-corrected chi connectivity index (χ0v) is 9.15. The molecular weight excluding hydrogens is 190 g/mol. The molecule has 1 aromatic rings. The molecule has 0 aromatic carbocycles. The zero-order chi connectivity index (χ0) is 10.3. The molecule has 4 nitrogen and oxygen atoms in total. The van der Waals surface area contributed by atoms with Crippen molar-refractivity contribution < 1.29 is 4.52 Å². The summed E-state index contributed by atoms with van der Waals surface area (Å²) >= 11 is 0. The summed E-state index contributed by atoms with van der Waals surface area (Å²) < 4.78 is 5.28. The topological polar surface area (TPSA) is 42.2 Å². The van der Waals surface area contributed by atoms with Gasteiger partial charge in [-0.25, -0.2) is 0 Å². The number of hydrogen-bond acceptors (Lipinski definition) is 4. The zero-order valence-electron chi connectivity index (χ0n) is 9.15. The average Bonchev–Trinajstić information content (AvgIpc) is 2.64. The highest BCUT2D eigenvalue weighted by molar-refractivity contribution is 4.99. The normalized spacial score (nSPS) is 35.4. The molecule has 15 heavy (non-hydrogen) atoms. The maximum absolute atomic E-state index is 5.28. The second kappa shape index (κ2) is 3.59. The van der Waals surface area contributed by atoms with Crippen LogP contribution in [-0.2, 0) is 0 Å². The summed E-state index contributed by atoms with van der Waals surface area (Å²) in [5.41, 5.74) is 0. The molecule has 2 fully saturated rings. The Bertz CT molecular complexity index is 337. The fourth-order valence-corrected chi connectivity index (χ4v) is 2.96. The van der Waals surface area contributed by atoms with E-state index in [-0.39, 0.29) is 0 Å². The van der Waals surface area contributed by atoms with Crippen molar-refractivity contribution in [3.63, 3.8) is 0 Å². The Morgan fingerprint density at radius 3 is 3.07 bits per heavy atom. The van der Waals surface area contributed by atoms with E-state index < -0.39 is 0 Å². The standard InChI is InChI=1S/C11H17N3O/c1-8-12-11(15-13-8)10-5-9-3-2-4-14(6-9)7-10/h9-10H,2-7H2,1H3/t9-,10-/m1/s1. The van der Waals surface area contributed by atoms with Crippen molar-refractivity contribution in [3.05, 3.63) is 11.7 Å². The highest BCUT2D eigenvalue weighted by Gasteiger charge is 2.33. The number of aromatic nitrogens is 2. The summed E-state index contributed by atoms with van der Waals surface area (Å²) in [7, 11) is 0. The molecule has 2 aliphatic rings. The lowest BCUT2D eigenvalue weighted by atomic mass is 9.83. The second-order valence-corrected chi connectivity index (χ2v) is 4.88. The summed E-state index contributed by atoms with van der Waals surface area (Å²) in [5, 5.41) is 3.88. The molecule has 3 heterocycles. The third-order valence-corrected chi connectivity index (χ3v) is 3.59. The van der Waals surface area contributed by atoms with Crippen molar-refractivity contribution in [1.82, 2.24) is 15.0 Å². The van der Waals surface area contributed by atoms with E-state index in [1.807, 2.05) is 6.92 Å². The Labute approximate surface area is 89.6 Å². The van der Waals surface area contributed by atoms with Gasteiger partial charge in [-0.2, -0.15) is 4.98 Å². The van der Waals surface area contributed by atoms with Gasteiger partial charge in [0.2, 0.25) is 5.89 Å². The Morgan fingerprint density at radius 1 is 1.40 bits per heavy atom. The number of piperidine rings is 2. The van der Waals surface area contributed by atoms with Crippen LogP contribution in [0.5, 0.6) is 0 Å². The minimum atomic E-state index is 0.477. The molecule has 2 aliphatic heterocycles. The molecule has 1 unspecified atom stereocenters. The number of nitrogens with zero attached hydrogens (tertiary/aromatic N) is 3. The maximum Gasteiger partial charge on any atom is 0.231 e. The van der Waals surface area contributed by atoms with Crippen LogP contribution in [0.3, 0.4) is 0 Å². The average molecular weight is 207 g/mol. The molecule has 3 atom stereocenters. The van der Waals surface area contributed by atoms with E-state index in [1.165, 1.54) is 32.4 Å². The lowest BCUT2D eigenvalue weighted by molar-refractivity contribution is 0.0970. The van der Waals surface area contributed by atoms with Crippen LogP contribution in [0.1, 0.15) is 36.9 Å². The first-order chi connectivity index (χ1) is 7.31. The molecule has 0 N–H and O–H groups in total. The summed E-state index contributed by atoms with van der Waals surface area (Å²) in [5.74, 6) is 2.94. The van der Waals surface area contributed by atoms with Crippen molar-refractivity contribution in [2.75, 3.05) is 19.6 Å². The number of rotatable bonds is 1. The van der Waals surface area contributed by atoms with Gasteiger partial charge in [0, 0.05) is 13.1 Å². The van der Waals surface area contributed by atoms with E-state index in [4.69, 9.17) is 4.52 Å². The first-order valence-electron chi connectivity index (χ1n) is 5.84. The minimum Gasteiger partial charge on any atom is -0.339 e. The summed E-state index contributed by atoms with van der Waals surface area (Å²) in [6, 6.07) is 0. The van der Waals surface area contributed by atoms with E-state index in [0.717, 1.165) is 24.2 Å². The fourth-order valence-electron chi connectivity index (χ4n) is 2.96. The molecule has 4 heteroatoms. The van der Waals surface area contributed by atoms with Crippen LogP contribution in [-0.4, -0.2) is 34.7 Å². The Morgan fingerprint density at radius 2 is 2.33 bits per heavy atom. The Hall–Kier alpha value is -0.900. The Kier molecular flexibility index (Phi) is 2.24. The van der Waals surface area contributed by atoms with Gasteiger partial charge in [0.15, 0.2) is 5.82 Å². The molecule has 1 aromatic heterocycles. The highest BCUT2D eigenvalue weighted by Crippen LogP contribution is 2.34. The van der Waals surface area contributed by atoms with Crippen LogP contribution in [0.4, 0.5) is 0 Å². The fraction of sp³-hybridized carbons (Fsp3) is 0.818. The van der Waals surface area contributed by atoms with Gasteiger partial charge in [-0.1, -0.05) is 5.16 Å². The smallest absolute Gasteiger partial charge is 0.231 e. The number of aryl methyl sites for hydroxylation is 1. The van der Waals surface area contributed by atoms with Crippen molar-refractivity contribution in [2.24, 2.45) is 5.92 Å². The van der Waals surface area contributed by atoms with Crippen LogP contribution < -0.4 is 0 Å². The molecule has 3 rings (SSSR count).